The Morgan fingerprint density at radius 2 is 1.52 bits per heavy atom. The number of imidazole rings is 1. The lowest BCUT2D eigenvalue weighted by Gasteiger charge is -2.08. The van der Waals surface area contributed by atoms with E-state index in [0.29, 0.717) is 40.2 Å². The van der Waals surface area contributed by atoms with Crippen LogP contribution in [0, 0.1) is 13.8 Å². The molecule has 0 bridgehead atoms. The maximum atomic E-state index is 10.5. The number of aliphatic hydroxyl groups is 2. The van der Waals surface area contributed by atoms with E-state index in [2.05, 4.69) is 19.9 Å². The van der Waals surface area contributed by atoms with E-state index in [4.69, 9.17) is 10.2 Å². The van der Waals surface area contributed by atoms with Gasteiger partial charge in [-0.25, -0.2) is 4.98 Å². The van der Waals surface area contributed by atoms with Crippen molar-refractivity contribution in [3.05, 3.63) is 52.9 Å². The van der Waals surface area contributed by atoms with E-state index < -0.39 is 0 Å². The van der Waals surface area contributed by atoms with Crippen molar-refractivity contribution in [2.45, 2.75) is 34.5 Å². The largest absolute Gasteiger partial charge is 0.505 e. The van der Waals surface area contributed by atoms with Gasteiger partial charge in [-0.3, -0.25) is 14.8 Å². The van der Waals surface area contributed by atoms with Crippen molar-refractivity contribution in [3.63, 3.8) is 0 Å². The number of nitrogens with one attached hydrogen (secondary N) is 1. The Morgan fingerprint density at radius 1 is 0.966 bits per heavy atom. The molecule has 0 unspecified atom stereocenters. The van der Waals surface area contributed by atoms with Crippen LogP contribution in [0.4, 0.5) is 0 Å². The summed E-state index contributed by atoms with van der Waals surface area (Å²) in [4.78, 5) is 25.1. The molecule has 0 aromatic carbocycles. The molecule has 0 fully saturated rings. The van der Waals surface area contributed by atoms with Crippen LogP contribution < -0.4 is 0 Å². The molecule has 0 aliphatic heterocycles. The monoisotopic (exact) mass is 424 g/mol. The summed E-state index contributed by atoms with van der Waals surface area (Å²) in [6.07, 6.45) is 6.67. The highest BCUT2D eigenvalue weighted by Crippen LogP contribution is 2.31. The molecule has 0 aliphatic rings. The molecule has 0 spiro atoms. The predicted octanol–water partition coefficient (Wildman–Crippen LogP) is 2.44. The summed E-state index contributed by atoms with van der Waals surface area (Å²) in [6.45, 7) is 2.80. The van der Waals surface area contributed by atoms with Gasteiger partial charge < -0.3 is 25.4 Å². The number of carbonyl (C=O) groups excluding carboxylic acids is 1. The third-order valence-electron chi connectivity index (χ3n) is 3.87. The molecule has 0 saturated heterocycles. The average molecular weight is 425 g/mol. The number of aromatic nitrogens is 4. The zero-order valence-corrected chi connectivity index (χ0v) is 16.1. The van der Waals surface area contributed by atoms with Crippen LogP contribution in [0.25, 0.3) is 11.4 Å². The molecule has 10 heteroatoms. The summed E-state index contributed by atoms with van der Waals surface area (Å²) in [6, 6.07) is 0. The van der Waals surface area contributed by atoms with Gasteiger partial charge in [0.05, 0.1) is 35.7 Å². The molecule has 0 amide bonds. The first kappa shape index (κ1) is 26.0. The number of pyridine rings is 2. The quantitative estimate of drug-likeness (QED) is 0.400. The van der Waals surface area contributed by atoms with Crippen LogP contribution in [0.15, 0.2) is 24.8 Å². The standard InChI is InChI=1S/C10H11N3O2.C8H9NO3.CH4.ClH/c1-6-9(15)8(7(5-14)4-13-6)10-11-2-3-12-10;1-5-8(12)7(4-11)6(3-10)2-9-5;;/h2-4,14-15H,5H2,1H3,(H,11,12);2,4,10,12H,3H2,1H3;1H4;1H. The molecular weight excluding hydrogens is 400 g/mol. The fraction of sp³-hybridized carbons (Fsp3) is 0.263. The first-order chi connectivity index (χ1) is 12.9. The molecule has 29 heavy (non-hydrogen) atoms. The fourth-order valence-corrected chi connectivity index (χ4v) is 2.33. The van der Waals surface area contributed by atoms with Gasteiger partial charge in [0.25, 0.3) is 0 Å². The maximum Gasteiger partial charge on any atom is 0.154 e. The maximum absolute atomic E-state index is 10.5. The van der Waals surface area contributed by atoms with Crippen molar-refractivity contribution in [1.82, 2.24) is 19.9 Å². The Kier molecular flexibility index (Phi) is 10.5. The van der Waals surface area contributed by atoms with Gasteiger partial charge in [0.1, 0.15) is 17.3 Å². The second kappa shape index (κ2) is 11.7. The minimum atomic E-state index is -0.297. The molecule has 5 N–H and O–H groups in total. The lowest BCUT2D eigenvalue weighted by atomic mass is 10.1. The molecule has 0 atom stereocenters. The van der Waals surface area contributed by atoms with Gasteiger partial charge in [-0.1, -0.05) is 7.43 Å². The zero-order chi connectivity index (χ0) is 20.0. The number of aromatic hydroxyl groups is 2. The summed E-state index contributed by atoms with van der Waals surface area (Å²) < 4.78 is 0. The number of hydrogen-bond donors (Lipinski definition) is 5. The highest BCUT2D eigenvalue weighted by molar-refractivity contribution is 5.85. The van der Waals surface area contributed by atoms with Gasteiger partial charge in [-0.15, -0.1) is 12.4 Å². The molecule has 0 aliphatic carbocycles. The number of aldehydes is 1. The average Bonchev–Trinajstić information content (AvgIpc) is 3.20. The van der Waals surface area contributed by atoms with Crippen LogP contribution in [-0.2, 0) is 13.2 Å². The van der Waals surface area contributed by atoms with Crippen LogP contribution in [0.5, 0.6) is 11.5 Å². The van der Waals surface area contributed by atoms with E-state index in [0.717, 1.165) is 0 Å². The van der Waals surface area contributed by atoms with Gasteiger partial charge >= 0.3 is 0 Å². The highest BCUT2D eigenvalue weighted by Gasteiger charge is 2.14. The Balaban J connectivity index is 0.000000518. The summed E-state index contributed by atoms with van der Waals surface area (Å²) >= 11 is 0. The lowest BCUT2D eigenvalue weighted by Crippen LogP contribution is -1.96. The Bertz CT molecular complexity index is 933. The van der Waals surface area contributed by atoms with Crippen molar-refractivity contribution in [2.75, 3.05) is 0 Å². The lowest BCUT2D eigenvalue weighted by molar-refractivity contribution is 0.111. The molecule has 0 saturated carbocycles. The van der Waals surface area contributed by atoms with Gasteiger partial charge in [-0.2, -0.15) is 0 Å². The summed E-state index contributed by atoms with van der Waals surface area (Å²) in [5.74, 6) is 0.426. The number of rotatable bonds is 4. The molecule has 3 aromatic heterocycles. The number of aryl methyl sites for hydroxylation is 2. The second-order valence-electron chi connectivity index (χ2n) is 5.60. The van der Waals surface area contributed by atoms with Gasteiger partial charge in [0.2, 0.25) is 0 Å². The third-order valence-corrected chi connectivity index (χ3v) is 3.87. The summed E-state index contributed by atoms with van der Waals surface area (Å²) in [7, 11) is 0. The number of H-pyrrole nitrogens is 1. The van der Waals surface area contributed by atoms with Crippen LogP contribution in [0.3, 0.4) is 0 Å². The number of aromatic amines is 1. The van der Waals surface area contributed by atoms with Gasteiger partial charge in [0.15, 0.2) is 6.29 Å². The zero-order valence-electron chi connectivity index (χ0n) is 15.2. The molecule has 3 aromatic rings. The van der Waals surface area contributed by atoms with Crippen molar-refractivity contribution in [2.24, 2.45) is 0 Å². The van der Waals surface area contributed by atoms with Gasteiger partial charge in [-0.05, 0) is 13.8 Å². The van der Waals surface area contributed by atoms with Crippen molar-refractivity contribution in [1.29, 1.82) is 0 Å². The van der Waals surface area contributed by atoms with Gasteiger partial charge in [0, 0.05) is 35.9 Å². The van der Waals surface area contributed by atoms with Crippen molar-refractivity contribution in [3.8, 4) is 22.9 Å². The van der Waals surface area contributed by atoms with Crippen LogP contribution in [-0.4, -0.2) is 46.6 Å². The minimum Gasteiger partial charge on any atom is -0.505 e. The minimum absolute atomic E-state index is 0. The number of nitrogens with zero attached hydrogens (tertiary/aromatic N) is 3. The Hall–Kier alpha value is -3.01. The molecule has 0 radical (unpaired) electrons. The first-order valence-electron chi connectivity index (χ1n) is 7.96. The predicted molar refractivity (Wildman–Crippen MR) is 110 cm³/mol. The van der Waals surface area contributed by atoms with Crippen molar-refractivity contribution >= 4 is 18.7 Å². The van der Waals surface area contributed by atoms with Crippen molar-refractivity contribution < 1.29 is 25.2 Å². The first-order valence-corrected chi connectivity index (χ1v) is 7.96. The third kappa shape index (κ3) is 5.74. The molecule has 158 valence electrons. The van der Waals surface area contributed by atoms with E-state index in [1.807, 2.05) is 0 Å². The van der Waals surface area contributed by atoms with Crippen LogP contribution in [0.2, 0.25) is 0 Å². The normalized spacial score (nSPS) is 9.52. The number of carbonyl (C=O) groups is 1. The van der Waals surface area contributed by atoms with Crippen LogP contribution in [0.1, 0.15) is 40.3 Å². The molecular formula is C19H25ClN4O5. The smallest absolute Gasteiger partial charge is 0.154 e. The number of halogens is 1. The summed E-state index contributed by atoms with van der Waals surface area (Å²) in [5.41, 5.74) is 2.41. The van der Waals surface area contributed by atoms with E-state index in [1.54, 1.807) is 26.2 Å². The SMILES string of the molecule is C.Cc1ncc(CO)c(-c2ncc[nH]2)c1O.Cc1ncc(CO)c(C=O)c1O.Cl. The Morgan fingerprint density at radius 3 is 2.00 bits per heavy atom. The fourth-order valence-electron chi connectivity index (χ4n) is 2.33. The number of hydrogen-bond acceptors (Lipinski definition) is 8. The molecule has 3 heterocycles. The molecule has 9 nitrogen and oxygen atoms in total. The summed E-state index contributed by atoms with van der Waals surface area (Å²) in [5, 5.41) is 37.0. The molecule has 3 rings (SSSR count). The van der Waals surface area contributed by atoms with E-state index >= 15 is 0 Å². The topological polar surface area (TPSA) is 152 Å². The van der Waals surface area contributed by atoms with Crippen LogP contribution >= 0.6 is 12.4 Å². The second-order valence-corrected chi connectivity index (χ2v) is 5.60. The highest BCUT2D eigenvalue weighted by atomic mass is 35.5. The van der Waals surface area contributed by atoms with E-state index in [-0.39, 0.29) is 50.1 Å². The Labute approximate surface area is 174 Å². The number of aliphatic hydroxyl groups excluding tert-OH is 2. The van der Waals surface area contributed by atoms with E-state index in [1.165, 1.54) is 12.4 Å². The van der Waals surface area contributed by atoms with E-state index in [9.17, 15) is 15.0 Å².